The molecule has 0 fully saturated rings. The monoisotopic (exact) mass is 337 g/mol. The quantitative estimate of drug-likeness (QED) is 0.550. The lowest BCUT2D eigenvalue weighted by Crippen LogP contribution is -2.24. The zero-order valence-corrected chi connectivity index (χ0v) is 13.8. The zero-order valence-electron chi connectivity index (χ0n) is 13.1. The minimum absolute atomic E-state index is 0.251. The minimum atomic E-state index is -0.463. The van der Waals surface area contributed by atoms with E-state index < -0.39 is 5.91 Å². The van der Waals surface area contributed by atoms with E-state index in [1.807, 2.05) is 49.4 Å². The summed E-state index contributed by atoms with van der Waals surface area (Å²) >= 11 is 6.16. The van der Waals surface area contributed by atoms with Crippen LogP contribution in [0.1, 0.15) is 15.9 Å². The summed E-state index contributed by atoms with van der Waals surface area (Å²) in [6.07, 6.45) is 0. The molecule has 0 aromatic heterocycles. The lowest BCUT2D eigenvalue weighted by molar-refractivity contribution is 0.100. The van der Waals surface area contributed by atoms with Crippen LogP contribution in [0.25, 0.3) is 21.9 Å². The molecule has 4 N–H and O–H groups in total. The average Bonchev–Trinajstić information content (AvgIpc) is 2.55. The Morgan fingerprint density at radius 3 is 2.54 bits per heavy atom. The number of nitrogens with zero attached hydrogens (tertiary/aromatic N) is 1. The number of rotatable bonds is 2. The van der Waals surface area contributed by atoms with Crippen molar-refractivity contribution in [3.63, 3.8) is 0 Å². The highest BCUT2D eigenvalue weighted by Gasteiger charge is 2.11. The lowest BCUT2D eigenvalue weighted by atomic mass is 9.94. The number of aryl methyl sites for hydroxylation is 1. The van der Waals surface area contributed by atoms with Crippen molar-refractivity contribution in [2.24, 2.45) is 16.5 Å². The number of fused-ring (bicyclic) bond motifs is 1. The number of carbonyl (C=O) groups is 1. The summed E-state index contributed by atoms with van der Waals surface area (Å²) in [4.78, 5) is 15.7. The van der Waals surface area contributed by atoms with E-state index in [-0.39, 0.29) is 5.96 Å². The number of nitrogens with two attached hydrogens (primary N) is 2. The van der Waals surface area contributed by atoms with E-state index in [2.05, 4.69) is 4.99 Å². The van der Waals surface area contributed by atoms with Gasteiger partial charge < -0.3 is 11.5 Å². The second-order valence-electron chi connectivity index (χ2n) is 5.54. The van der Waals surface area contributed by atoms with Gasteiger partial charge in [-0.3, -0.25) is 4.79 Å². The van der Waals surface area contributed by atoms with Crippen molar-refractivity contribution in [3.05, 3.63) is 70.7 Å². The first kappa shape index (κ1) is 16.0. The van der Waals surface area contributed by atoms with E-state index in [9.17, 15) is 4.79 Å². The molecule has 0 saturated carbocycles. The Kier molecular flexibility index (Phi) is 4.23. The predicted molar refractivity (Wildman–Crippen MR) is 99.3 cm³/mol. The van der Waals surface area contributed by atoms with Crippen molar-refractivity contribution in [2.45, 2.75) is 6.92 Å². The van der Waals surface area contributed by atoms with Crippen molar-refractivity contribution in [1.82, 2.24) is 0 Å². The molecule has 0 aliphatic rings. The maximum Gasteiger partial charge on any atom is 0.280 e. The average molecular weight is 338 g/mol. The predicted octanol–water partition coefficient (Wildman–Crippen LogP) is 3.88. The van der Waals surface area contributed by atoms with Gasteiger partial charge in [-0.15, -0.1) is 0 Å². The maximum atomic E-state index is 12.1. The Morgan fingerprint density at radius 1 is 1.00 bits per heavy atom. The van der Waals surface area contributed by atoms with Crippen LogP contribution >= 0.6 is 11.6 Å². The van der Waals surface area contributed by atoms with Crippen molar-refractivity contribution < 1.29 is 4.79 Å². The number of hydrogen-bond acceptors (Lipinski definition) is 1. The van der Waals surface area contributed by atoms with E-state index in [1.54, 1.807) is 12.1 Å². The first-order valence-corrected chi connectivity index (χ1v) is 7.77. The fourth-order valence-corrected chi connectivity index (χ4v) is 2.88. The molecule has 4 nitrogen and oxygen atoms in total. The topological polar surface area (TPSA) is 81.5 Å². The van der Waals surface area contributed by atoms with E-state index >= 15 is 0 Å². The van der Waals surface area contributed by atoms with Gasteiger partial charge in [0, 0.05) is 10.6 Å². The molecule has 0 bridgehead atoms. The molecule has 0 unspecified atom stereocenters. The summed E-state index contributed by atoms with van der Waals surface area (Å²) in [5.41, 5.74) is 14.2. The van der Waals surface area contributed by atoms with Gasteiger partial charge in [-0.25, -0.2) is 0 Å². The van der Waals surface area contributed by atoms with Crippen LogP contribution in [0, 0.1) is 6.92 Å². The second kappa shape index (κ2) is 6.34. The Morgan fingerprint density at radius 2 is 1.79 bits per heavy atom. The summed E-state index contributed by atoms with van der Waals surface area (Å²) in [6.45, 7) is 2.03. The Labute approximate surface area is 144 Å². The first-order valence-electron chi connectivity index (χ1n) is 7.39. The van der Waals surface area contributed by atoms with Gasteiger partial charge in [0.15, 0.2) is 5.96 Å². The largest absolute Gasteiger partial charge is 0.370 e. The molecule has 3 aromatic carbocycles. The van der Waals surface area contributed by atoms with Gasteiger partial charge >= 0.3 is 0 Å². The number of hydrogen-bond donors (Lipinski definition) is 2. The molecule has 120 valence electrons. The highest BCUT2D eigenvalue weighted by Crippen LogP contribution is 2.33. The molecule has 5 heteroatoms. The zero-order chi connectivity index (χ0) is 17.3. The number of benzene rings is 3. The van der Waals surface area contributed by atoms with Crippen LogP contribution in [0.2, 0.25) is 5.02 Å². The molecule has 0 aliphatic heterocycles. The number of aliphatic imine (C=N–C) groups is 1. The number of halogens is 1. The van der Waals surface area contributed by atoms with Crippen LogP contribution < -0.4 is 11.5 Å². The van der Waals surface area contributed by atoms with Crippen LogP contribution in [0.5, 0.6) is 0 Å². The summed E-state index contributed by atoms with van der Waals surface area (Å²) in [6, 6.07) is 17.2. The first-order chi connectivity index (χ1) is 11.5. The molecule has 0 atom stereocenters. The summed E-state index contributed by atoms with van der Waals surface area (Å²) in [7, 11) is 0. The molecule has 3 aromatic rings. The normalized spacial score (nSPS) is 10.6. The van der Waals surface area contributed by atoms with Crippen molar-refractivity contribution in [3.8, 4) is 11.1 Å². The molecule has 0 radical (unpaired) electrons. The van der Waals surface area contributed by atoms with Gasteiger partial charge in [-0.1, -0.05) is 41.9 Å². The van der Waals surface area contributed by atoms with Crippen LogP contribution in [-0.4, -0.2) is 11.9 Å². The highest BCUT2D eigenvalue weighted by atomic mass is 35.5. The van der Waals surface area contributed by atoms with Crippen LogP contribution in [0.3, 0.4) is 0 Å². The fourth-order valence-electron chi connectivity index (χ4n) is 2.71. The molecule has 1 amide bonds. The Bertz CT molecular complexity index is 976. The van der Waals surface area contributed by atoms with Crippen LogP contribution in [0.15, 0.2) is 59.6 Å². The molecule has 0 saturated heterocycles. The number of amides is 1. The van der Waals surface area contributed by atoms with Gasteiger partial charge in [0.05, 0.1) is 0 Å². The summed E-state index contributed by atoms with van der Waals surface area (Å²) in [5, 5.41) is 2.63. The smallest absolute Gasteiger partial charge is 0.280 e. The van der Waals surface area contributed by atoms with E-state index in [4.69, 9.17) is 23.1 Å². The highest BCUT2D eigenvalue weighted by molar-refractivity contribution is 6.31. The van der Waals surface area contributed by atoms with Crippen molar-refractivity contribution in [2.75, 3.05) is 0 Å². The van der Waals surface area contributed by atoms with Crippen LogP contribution in [-0.2, 0) is 0 Å². The van der Waals surface area contributed by atoms with Gasteiger partial charge in [0.2, 0.25) is 0 Å². The Balaban J connectivity index is 2.24. The van der Waals surface area contributed by atoms with Gasteiger partial charge in [-0.05, 0) is 58.7 Å². The standard InChI is InChI=1S/C19H16ClN3O/c1-11-5-8-14(20)10-16(11)15-4-2-3-12-6-7-13(9-17(12)15)18(24)23-19(21)22/h2-10H,1H3,(H4,21,22,23,24). The third kappa shape index (κ3) is 3.09. The van der Waals surface area contributed by atoms with E-state index in [0.29, 0.717) is 10.6 Å². The molecule has 3 rings (SSSR count). The van der Waals surface area contributed by atoms with Gasteiger partial charge in [-0.2, -0.15) is 4.99 Å². The molecule has 0 aliphatic carbocycles. The molecular weight excluding hydrogens is 322 g/mol. The minimum Gasteiger partial charge on any atom is -0.370 e. The van der Waals surface area contributed by atoms with Crippen molar-refractivity contribution in [1.29, 1.82) is 0 Å². The van der Waals surface area contributed by atoms with Gasteiger partial charge in [0.25, 0.3) is 5.91 Å². The third-order valence-electron chi connectivity index (χ3n) is 3.85. The summed E-state index contributed by atoms with van der Waals surface area (Å²) in [5.74, 6) is -0.714. The Hall–Kier alpha value is -2.85. The van der Waals surface area contributed by atoms with Crippen molar-refractivity contribution >= 4 is 34.2 Å². The number of carbonyl (C=O) groups excluding carboxylic acids is 1. The lowest BCUT2D eigenvalue weighted by Gasteiger charge is -2.11. The SMILES string of the molecule is Cc1ccc(Cl)cc1-c1cccc2ccc(C(=O)N=C(N)N)cc12. The third-order valence-corrected chi connectivity index (χ3v) is 4.08. The fraction of sp³-hybridized carbons (Fsp3) is 0.0526. The maximum absolute atomic E-state index is 12.1. The van der Waals surface area contributed by atoms with Crippen LogP contribution in [0.4, 0.5) is 0 Å². The molecular formula is C19H16ClN3O. The molecule has 24 heavy (non-hydrogen) atoms. The summed E-state index contributed by atoms with van der Waals surface area (Å²) < 4.78 is 0. The van der Waals surface area contributed by atoms with E-state index in [0.717, 1.165) is 27.5 Å². The number of guanidine groups is 1. The van der Waals surface area contributed by atoms with E-state index in [1.165, 1.54) is 0 Å². The molecule has 0 heterocycles. The molecule has 0 spiro atoms. The van der Waals surface area contributed by atoms with Gasteiger partial charge in [0.1, 0.15) is 0 Å². The second-order valence-corrected chi connectivity index (χ2v) is 5.98.